The summed E-state index contributed by atoms with van der Waals surface area (Å²) in [6, 6.07) is 0. The van der Waals surface area contributed by atoms with E-state index >= 15 is 0 Å². The fraction of sp³-hybridized carbons (Fsp3) is 0.500. The highest BCUT2D eigenvalue weighted by Gasteiger charge is 2.44. The molecule has 0 bridgehead atoms. The van der Waals surface area contributed by atoms with Gasteiger partial charge in [-0.2, -0.15) is 0 Å². The lowest BCUT2D eigenvalue weighted by molar-refractivity contribution is -0.0511. The number of carbonyl (C=O) groups excluding carboxylic acids is 1. The number of imidazole rings is 1. The van der Waals surface area contributed by atoms with Crippen molar-refractivity contribution in [3.05, 3.63) is 12.2 Å². The third-order valence-corrected chi connectivity index (χ3v) is 4.24. The van der Waals surface area contributed by atoms with Crippen LogP contribution < -0.4 is 5.73 Å². The van der Waals surface area contributed by atoms with Crippen LogP contribution in [0.2, 0.25) is 0 Å². The molecule has 12 heteroatoms. The van der Waals surface area contributed by atoms with Gasteiger partial charge in [-0.05, 0) is 5.92 Å². The number of nitrogens with two attached hydrogens (primary N) is 1. The molecular formula is C16H20N6O6. The Labute approximate surface area is 159 Å². The summed E-state index contributed by atoms with van der Waals surface area (Å²) in [4.78, 5) is 25.1. The summed E-state index contributed by atoms with van der Waals surface area (Å²) in [5.41, 5.74) is 6.43. The van der Waals surface area contributed by atoms with E-state index < -0.39 is 37.2 Å². The van der Waals surface area contributed by atoms with Crippen molar-refractivity contribution in [1.82, 2.24) is 24.4 Å². The van der Waals surface area contributed by atoms with Crippen LogP contribution in [-0.4, -0.2) is 91.5 Å². The molecule has 28 heavy (non-hydrogen) atoms. The predicted molar refractivity (Wildman–Crippen MR) is 94.7 cm³/mol. The largest absolute Gasteiger partial charge is 0.453 e. The van der Waals surface area contributed by atoms with Crippen LogP contribution in [0.3, 0.4) is 0 Å². The lowest BCUT2D eigenvalue weighted by Gasteiger charge is -2.16. The third kappa shape index (κ3) is 3.56. The van der Waals surface area contributed by atoms with Gasteiger partial charge in [0.25, 0.3) is 0 Å². The number of nitrogens with zero attached hydrogens (tertiary/aromatic N) is 5. The summed E-state index contributed by atoms with van der Waals surface area (Å²) in [5.74, 6) is 5.58. The number of methoxy groups -OCH3 is 1. The normalized spacial score (nSPS) is 24.0. The number of aliphatic hydroxyl groups excluding tert-OH is 3. The van der Waals surface area contributed by atoms with Gasteiger partial charge in [0.15, 0.2) is 17.7 Å². The van der Waals surface area contributed by atoms with E-state index in [1.54, 1.807) is 0 Å². The molecular weight excluding hydrogens is 372 g/mol. The Kier molecular flexibility index (Phi) is 5.61. The van der Waals surface area contributed by atoms with E-state index in [1.807, 2.05) is 0 Å². The van der Waals surface area contributed by atoms with Gasteiger partial charge < -0.3 is 35.4 Å². The number of hydrogen-bond donors (Lipinski definition) is 4. The van der Waals surface area contributed by atoms with Gasteiger partial charge in [0, 0.05) is 7.05 Å². The Morgan fingerprint density at radius 1 is 1.43 bits per heavy atom. The minimum Gasteiger partial charge on any atom is -0.453 e. The molecule has 0 spiro atoms. The van der Waals surface area contributed by atoms with Crippen LogP contribution in [-0.2, 0) is 9.47 Å². The number of ether oxygens (including phenoxy) is 2. The minimum atomic E-state index is -1.30. The van der Waals surface area contributed by atoms with Gasteiger partial charge in [0.05, 0.1) is 26.6 Å². The maximum atomic E-state index is 11.3. The zero-order chi connectivity index (χ0) is 20.4. The van der Waals surface area contributed by atoms with Crippen molar-refractivity contribution in [2.45, 2.75) is 24.5 Å². The maximum Gasteiger partial charge on any atom is 0.410 e. The van der Waals surface area contributed by atoms with E-state index in [0.29, 0.717) is 0 Å². The standard InChI is InChI=1S/C16H20N6O6/c1-21(16(26)27-2)5-3-4-9-19-13(17)10-14(20-9)22(7-18-10)15-12(25)11(24)8(6-23)28-15/h7-8,11-12,15,23-25H,5-6H2,1-2H3,(H2,17,19,20)/t8-,11?,12?,15-/m1/s1. The first kappa shape index (κ1) is 19.8. The monoisotopic (exact) mass is 392 g/mol. The number of hydrogen-bond acceptors (Lipinski definition) is 10. The Balaban J connectivity index is 1.91. The molecule has 3 heterocycles. The number of aromatic nitrogens is 4. The Bertz CT molecular complexity index is 937. The number of amides is 1. The van der Waals surface area contributed by atoms with Gasteiger partial charge in [0.2, 0.25) is 5.82 Å². The lowest BCUT2D eigenvalue weighted by atomic mass is 10.1. The molecule has 4 atom stereocenters. The van der Waals surface area contributed by atoms with Crippen LogP contribution in [0.5, 0.6) is 0 Å². The Hall–Kier alpha value is -2.98. The van der Waals surface area contributed by atoms with E-state index in [-0.39, 0.29) is 29.4 Å². The number of carbonyl (C=O) groups is 1. The average molecular weight is 392 g/mol. The zero-order valence-corrected chi connectivity index (χ0v) is 15.2. The van der Waals surface area contributed by atoms with Crippen LogP contribution in [0.25, 0.3) is 11.2 Å². The van der Waals surface area contributed by atoms with Gasteiger partial charge in [-0.25, -0.2) is 19.7 Å². The minimum absolute atomic E-state index is 0.0705. The fourth-order valence-electron chi connectivity index (χ4n) is 2.75. The molecule has 2 aromatic rings. The van der Waals surface area contributed by atoms with E-state index in [9.17, 15) is 20.1 Å². The van der Waals surface area contributed by atoms with Crippen LogP contribution in [0.15, 0.2) is 6.33 Å². The highest BCUT2D eigenvalue weighted by Crippen LogP contribution is 2.31. The number of fused-ring (bicyclic) bond motifs is 1. The molecule has 3 rings (SSSR count). The van der Waals surface area contributed by atoms with Crippen molar-refractivity contribution in [2.24, 2.45) is 0 Å². The molecule has 0 radical (unpaired) electrons. The summed E-state index contributed by atoms with van der Waals surface area (Å²) in [5, 5.41) is 29.4. The summed E-state index contributed by atoms with van der Waals surface area (Å²) < 4.78 is 11.5. The number of nitrogen functional groups attached to an aromatic ring is 1. The number of anilines is 1. The molecule has 1 amide bonds. The maximum absolute atomic E-state index is 11.3. The molecule has 0 saturated carbocycles. The SMILES string of the molecule is COC(=O)N(C)CC#Cc1nc(N)c2ncn([C@@H]3O[C@H](CO)C(O)C3O)c2n1. The van der Waals surface area contributed by atoms with Crippen molar-refractivity contribution >= 4 is 23.1 Å². The second-order valence-electron chi connectivity index (χ2n) is 6.11. The van der Waals surface area contributed by atoms with Crippen molar-refractivity contribution in [3.8, 4) is 11.8 Å². The molecule has 2 aromatic heterocycles. The molecule has 2 unspecified atom stereocenters. The van der Waals surface area contributed by atoms with E-state index in [1.165, 1.54) is 30.0 Å². The summed E-state index contributed by atoms with van der Waals surface area (Å²) in [6.45, 7) is -0.370. The molecule has 1 saturated heterocycles. The van der Waals surface area contributed by atoms with E-state index in [0.717, 1.165) is 0 Å². The van der Waals surface area contributed by atoms with Crippen LogP contribution >= 0.6 is 0 Å². The van der Waals surface area contributed by atoms with Crippen molar-refractivity contribution in [2.75, 3.05) is 33.0 Å². The van der Waals surface area contributed by atoms with Crippen LogP contribution in [0, 0.1) is 11.8 Å². The lowest BCUT2D eigenvalue weighted by Crippen LogP contribution is -2.33. The summed E-state index contributed by atoms with van der Waals surface area (Å²) >= 11 is 0. The first-order valence-corrected chi connectivity index (χ1v) is 8.27. The first-order chi connectivity index (χ1) is 13.4. The van der Waals surface area contributed by atoms with E-state index in [2.05, 4.69) is 31.5 Å². The van der Waals surface area contributed by atoms with Crippen molar-refractivity contribution in [1.29, 1.82) is 0 Å². The van der Waals surface area contributed by atoms with Crippen molar-refractivity contribution < 1.29 is 29.6 Å². The summed E-state index contributed by atoms with van der Waals surface area (Å²) in [6.07, 6.45) is -3.71. The van der Waals surface area contributed by atoms with Gasteiger partial charge >= 0.3 is 6.09 Å². The quantitative estimate of drug-likeness (QED) is 0.431. The molecule has 5 N–H and O–H groups in total. The topological polar surface area (TPSA) is 169 Å². The highest BCUT2D eigenvalue weighted by molar-refractivity contribution is 5.82. The zero-order valence-electron chi connectivity index (χ0n) is 15.2. The molecule has 0 aromatic carbocycles. The Morgan fingerprint density at radius 2 is 2.18 bits per heavy atom. The fourth-order valence-corrected chi connectivity index (χ4v) is 2.75. The summed E-state index contributed by atoms with van der Waals surface area (Å²) in [7, 11) is 2.79. The van der Waals surface area contributed by atoms with Gasteiger partial charge in [-0.15, -0.1) is 0 Å². The second kappa shape index (κ2) is 7.95. The van der Waals surface area contributed by atoms with Crippen molar-refractivity contribution in [3.63, 3.8) is 0 Å². The van der Waals surface area contributed by atoms with Gasteiger partial charge in [-0.3, -0.25) is 4.57 Å². The highest BCUT2D eigenvalue weighted by atomic mass is 16.6. The molecule has 1 aliphatic rings. The first-order valence-electron chi connectivity index (χ1n) is 8.27. The van der Waals surface area contributed by atoms with Crippen LogP contribution in [0.1, 0.15) is 12.1 Å². The molecule has 1 aliphatic heterocycles. The second-order valence-corrected chi connectivity index (χ2v) is 6.11. The smallest absolute Gasteiger partial charge is 0.410 e. The number of aliphatic hydroxyl groups is 3. The predicted octanol–water partition coefficient (Wildman–Crippen LogP) is -1.93. The van der Waals surface area contributed by atoms with E-state index in [4.69, 9.17) is 10.5 Å². The molecule has 1 fully saturated rings. The third-order valence-electron chi connectivity index (χ3n) is 4.24. The molecule has 0 aliphatic carbocycles. The van der Waals surface area contributed by atoms with Crippen LogP contribution in [0.4, 0.5) is 10.6 Å². The van der Waals surface area contributed by atoms with Gasteiger partial charge in [-0.1, -0.05) is 5.92 Å². The number of rotatable bonds is 3. The van der Waals surface area contributed by atoms with Gasteiger partial charge in [0.1, 0.15) is 23.8 Å². The molecule has 12 nitrogen and oxygen atoms in total. The Morgan fingerprint density at radius 3 is 2.82 bits per heavy atom. The average Bonchev–Trinajstić information content (AvgIpc) is 3.22. The molecule has 150 valence electrons.